The number of nitrogens with zero attached hydrogens (tertiary/aromatic N) is 2. The zero-order valence-electron chi connectivity index (χ0n) is 12.9. The van der Waals surface area contributed by atoms with Crippen LogP contribution in [0.2, 0.25) is 0 Å². The van der Waals surface area contributed by atoms with Crippen molar-refractivity contribution in [3.8, 4) is 0 Å². The maximum Gasteiger partial charge on any atom is 0.442 e. The summed E-state index contributed by atoms with van der Waals surface area (Å²) in [5, 5.41) is 1.79. The lowest BCUT2D eigenvalue weighted by atomic mass is 9.94. The number of amidine groups is 1. The van der Waals surface area contributed by atoms with Gasteiger partial charge in [-0.2, -0.15) is 13.2 Å². The van der Waals surface area contributed by atoms with Crippen molar-refractivity contribution >= 4 is 17.6 Å². The van der Waals surface area contributed by atoms with Crippen molar-refractivity contribution in [3.05, 3.63) is 0 Å². The Balaban J connectivity index is 3.34. The first-order valence-corrected chi connectivity index (χ1v) is 6.53. The summed E-state index contributed by atoms with van der Waals surface area (Å²) in [7, 11) is 0. The summed E-state index contributed by atoms with van der Waals surface area (Å²) >= 11 is 0. The van der Waals surface area contributed by atoms with Gasteiger partial charge in [0.2, 0.25) is 5.91 Å². The van der Waals surface area contributed by atoms with Gasteiger partial charge in [-0.1, -0.05) is 20.8 Å². The van der Waals surface area contributed by atoms with E-state index in [2.05, 4.69) is 4.99 Å². The first-order chi connectivity index (χ1) is 9.24. The summed E-state index contributed by atoms with van der Waals surface area (Å²) in [6, 6.07) is -0.489. The van der Waals surface area contributed by atoms with Crippen molar-refractivity contribution in [1.29, 1.82) is 0 Å². The maximum absolute atomic E-state index is 13.5. The van der Waals surface area contributed by atoms with Gasteiger partial charge in [0.05, 0.1) is 0 Å². The van der Waals surface area contributed by atoms with Crippen LogP contribution in [0.15, 0.2) is 4.99 Å². The molecule has 1 unspecified atom stereocenters. The monoisotopic (exact) mass is 307 g/mol. The number of hydrogen-bond donors (Lipinski definition) is 1. The lowest BCUT2D eigenvalue weighted by molar-refractivity contribution is -0.201. The summed E-state index contributed by atoms with van der Waals surface area (Å²) in [6.07, 6.45) is -5.02. The molecule has 1 N–H and O–H groups in total. The fourth-order valence-corrected chi connectivity index (χ4v) is 1.96. The van der Waals surface area contributed by atoms with Gasteiger partial charge in [-0.15, -0.1) is 0 Å². The Morgan fingerprint density at radius 3 is 2.05 bits per heavy atom. The SMILES string of the molecule is CC1=NC(NC(=O)C(C)(C)C)(C(F)(F)F)C(=O)N1C(C)C. The smallest absolute Gasteiger partial charge is 0.316 e. The first-order valence-electron chi connectivity index (χ1n) is 6.53. The quantitative estimate of drug-likeness (QED) is 0.849. The fourth-order valence-electron chi connectivity index (χ4n) is 1.96. The highest BCUT2D eigenvalue weighted by Gasteiger charge is 2.67. The number of halogens is 3. The van der Waals surface area contributed by atoms with E-state index in [-0.39, 0.29) is 5.84 Å². The standard InChI is InChI=1S/C13H20F3N3O2/c1-7(2)19-8(3)17-12(10(19)21,13(14,15)16)18-9(20)11(4,5)6/h7H,1-6H3,(H,18,20). The molecule has 2 amide bonds. The largest absolute Gasteiger partial charge is 0.442 e. The maximum atomic E-state index is 13.5. The Labute approximate surface area is 121 Å². The number of nitrogens with one attached hydrogen (secondary N) is 1. The Morgan fingerprint density at radius 1 is 1.29 bits per heavy atom. The van der Waals surface area contributed by atoms with E-state index in [0.29, 0.717) is 0 Å². The van der Waals surface area contributed by atoms with Gasteiger partial charge < -0.3 is 5.32 Å². The summed E-state index contributed by atoms with van der Waals surface area (Å²) in [5.41, 5.74) is -4.31. The molecule has 1 rings (SSSR count). The number of amides is 2. The zero-order valence-corrected chi connectivity index (χ0v) is 12.9. The molecule has 1 aliphatic rings. The van der Waals surface area contributed by atoms with Crippen LogP contribution in [-0.4, -0.2) is 40.4 Å². The number of rotatable bonds is 2. The van der Waals surface area contributed by atoms with Crippen LogP contribution in [0.1, 0.15) is 41.5 Å². The molecule has 1 atom stereocenters. The van der Waals surface area contributed by atoms with E-state index in [9.17, 15) is 22.8 Å². The summed E-state index contributed by atoms with van der Waals surface area (Å²) in [4.78, 5) is 28.6. The fraction of sp³-hybridized carbons (Fsp3) is 0.769. The molecule has 0 bridgehead atoms. The number of aliphatic imine (C=N–C) groups is 1. The molecule has 1 heterocycles. The molecular weight excluding hydrogens is 287 g/mol. The van der Waals surface area contributed by atoms with Crippen LogP contribution in [0.4, 0.5) is 13.2 Å². The van der Waals surface area contributed by atoms with Gasteiger partial charge in [0.1, 0.15) is 5.84 Å². The molecule has 0 aliphatic carbocycles. The minimum atomic E-state index is -5.02. The Kier molecular flexibility index (Phi) is 4.15. The minimum Gasteiger partial charge on any atom is -0.316 e. The van der Waals surface area contributed by atoms with Gasteiger partial charge in [-0.25, -0.2) is 4.99 Å². The van der Waals surface area contributed by atoms with Crippen LogP contribution in [0.3, 0.4) is 0 Å². The van der Waals surface area contributed by atoms with Crippen molar-refractivity contribution in [1.82, 2.24) is 10.2 Å². The topological polar surface area (TPSA) is 61.8 Å². The summed E-state index contributed by atoms with van der Waals surface area (Å²) in [6.45, 7) is 8.85. The molecular formula is C13H20F3N3O2. The molecule has 0 spiro atoms. The van der Waals surface area contributed by atoms with Gasteiger partial charge >= 0.3 is 11.8 Å². The number of carbonyl (C=O) groups is 2. The van der Waals surface area contributed by atoms with Crippen LogP contribution in [0.25, 0.3) is 0 Å². The van der Waals surface area contributed by atoms with E-state index < -0.39 is 35.1 Å². The van der Waals surface area contributed by atoms with Crippen molar-refractivity contribution in [2.24, 2.45) is 10.4 Å². The van der Waals surface area contributed by atoms with E-state index in [4.69, 9.17) is 0 Å². The molecule has 0 radical (unpaired) electrons. The predicted octanol–water partition coefficient (Wildman–Crippen LogP) is 2.08. The van der Waals surface area contributed by atoms with Crippen molar-refractivity contribution in [3.63, 3.8) is 0 Å². The lowest BCUT2D eigenvalue weighted by Crippen LogP contribution is -2.65. The minimum absolute atomic E-state index is 0.0680. The lowest BCUT2D eigenvalue weighted by Gasteiger charge is -2.32. The third-order valence-corrected chi connectivity index (χ3v) is 3.11. The highest BCUT2D eigenvalue weighted by molar-refractivity contribution is 6.09. The number of carbonyl (C=O) groups excluding carboxylic acids is 2. The van der Waals surface area contributed by atoms with E-state index >= 15 is 0 Å². The zero-order chi connectivity index (χ0) is 16.8. The van der Waals surface area contributed by atoms with Gasteiger partial charge in [0.15, 0.2) is 0 Å². The van der Waals surface area contributed by atoms with Crippen LogP contribution in [-0.2, 0) is 9.59 Å². The molecule has 0 aromatic carbocycles. The molecule has 0 saturated heterocycles. The highest BCUT2D eigenvalue weighted by Crippen LogP contribution is 2.38. The van der Waals surface area contributed by atoms with Gasteiger partial charge in [-0.05, 0) is 20.8 Å². The van der Waals surface area contributed by atoms with E-state index in [1.807, 2.05) is 0 Å². The third-order valence-electron chi connectivity index (χ3n) is 3.11. The summed E-state index contributed by atoms with van der Waals surface area (Å²) in [5.74, 6) is -2.24. The molecule has 1 aliphatic heterocycles. The molecule has 0 saturated carbocycles. The number of hydrogen-bond acceptors (Lipinski definition) is 3. The van der Waals surface area contributed by atoms with E-state index in [1.165, 1.54) is 27.7 Å². The molecule has 0 fully saturated rings. The highest BCUT2D eigenvalue weighted by atomic mass is 19.4. The van der Waals surface area contributed by atoms with Gasteiger partial charge in [-0.3, -0.25) is 14.5 Å². The summed E-state index contributed by atoms with van der Waals surface area (Å²) < 4.78 is 40.4. The average molecular weight is 307 g/mol. The van der Waals surface area contributed by atoms with Crippen molar-refractivity contribution < 1.29 is 22.8 Å². The normalized spacial score (nSPS) is 23.6. The second-order valence-corrected chi connectivity index (χ2v) is 6.34. The molecule has 120 valence electrons. The van der Waals surface area contributed by atoms with Gasteiger partial charge in [0, 0.05) is 11.5 Å². The van der Waals surface area contributed by atoms with Crippen molar-refractivity contribution in [2.45, 2.75) is 59.4 Å². The Morgan fingerprint density at radius 2 is 1.76 bits per heavy atom. The number of alkyl halides is 3. The van der Waals surface area contributed by atoms with Crippen LogP contribution < -0.4 is 5.32 Å². The average Bonchev–Trinajstić information content (AvgIpc) is 2.48. The molecule has 0 aromatic rings. The first kappa shape index (κ1) is 17.5. The van der Waals surface area contributed by atoms with Gasteiger partial charge in [0.25, 0.3) is 5.91 Å². The molecule has 8 heteroatoms. The van der Waals surface area contributed by atoms with Crippen LogP contribution in [0, 0.1) is 5.41 Å². The predicted molar refractivity (Wildman–Crippen MR) is 71.5 cm³/mol. The Hall–Kier alpha value is -1.60. The van der Waals surface area contributed by atoms with E-state index in [1.54, 1.807) is 19.2 Å². The second kappa shape index (κ2) is 4.99. The van der Waals surface area contributed by atoms with E-state index in [0.717, 1.165) is 4.90 Å². The van der Waals surface area contributed by atoms with Crippen LogP contribution >= 0.6 is 0 Å². The van der Waals surface area contributed by atoms with Crippen LogP contribution in [0.5, 0.6) is 0 Å². The van der Waals surface area contributed by atoms with Crippen molar-refractivity contribution in [2.75, 3.05) is 0 Å². The Bertz CT molecular complexity index is 492. The third kappa shape index (κ3) is 2.89. The molecule has 21 heavy (non-hydrogen) atoms. The second-order valence-electron chi connectivity index (χ2n) is 6.34. The molecule has 5 nitrogen and oxygen atoms in total. The molecule has 0 aromatic heterocycles.